The summed E-state index contributed by atoms with van der Waals surface area (Å²) in [7, 11) is 0. The Bertz CT molecular complexity index is 319. The van der Waals surface area contributed by atoms with Crippen LogP contribution < -0.4 is 5.32 Å². The van der Waals surface area contributed by atoms with Gasteiger partial charge in [0, 0.05) is 23.2 Å². The van der Waals surface area contributed by atoms with E-state index in [-0.39, 0.29) is 17.1 Å². The first-order chi connectivity index (χ1) is 8.47. The van der Waals surface area contributed by atoms with Crippen molar-refractivity contribution in [3.8, 4) is 0 Å². The van der Waals surface area contributed by atoms with E-state index in [9.17, 15) is 4.79 Å². The predicted molar refractivity (Wildman–Crippen MR) is 78.4 cm³/mol. The highest BCUT2D eigenvalue weighted by Crippen LogP contribution is 2.39. The first-order valence-electron chi connectivity index (χ1n) is 7.25. The molecule has 1 saturated heterocycles. The fourth-order valence-corrected chi connectivity index (χ4v) is 4.23. The molecule has 0 aromatic heterocycles. The topological polar surface area (TPSA) is 52.6 Å². The van der Waals surface area contributed by atoms with Gasteiger partial charge in [0.25, 0.3) is 0 Å². The molecular formula is C15H30N2O2. The molecule has 0 aromatic carbocycles. The van der Waals surface area contributed by atoms with Gasteiger partial charge in [0.15, 0.2) is 0 Å². The van der Waals surface area contributed by atoms with Gasteiger partial charge in [-0.15, -0.1) is 0 Å². The lowest BCUT2D eigenvalue weighted by Gasteiger charge is -2.57. The number of hydrogen-bond donors (Lipinski definition) is 2. The lowest BCUT2D eigenvalue weighted by molar-refractivity contribution is -0.140. The monoisotopic (exact) mass is 270 g/mol. The summed E-state index contributed by atoms with van der Waals surface area (Å²) in [6.07, 6.45) is 1.96. The molecule has 0 aliphatic carbocycles. The van der Waals surface area contributed by atoms with Crippen molar-refractivity contribution in [3.05, 3.63) is 0 Å². The fourth-order valence-electron chi connectivity index (χ4n) is 4.23. The van der Waals surface area contributed by atoms with Crippen LogP contribution in [0.25, 0.3) is 0 Å². The average Bonchev–Trinajstić information content (AvgIpc) is 2.11. The summed E-state index contributed by atoms with van der Waals surface area (Å²) in [6, 6.07) is 0.260. The zero-order valence-electron chi connectivity index (χ0n) is 13.4. The Morgan fingerprint density at radius 1 is 1.16 bits per heavy atom. The number of rotatable bonds is 4. The van der Waals surface area contributed by atoms with Crippen LogP contribution in [0.1, 0.15) is 61.3 Å². The van der Waals surface area contributed by atoms with Crippen LogP contribution in [0.15, 0.2) is 0 Å². The van der Waals surface area contributed by atoms with Crippen molar-refractivity contribution in [3.63, 3.8) is 0 Å². The normalized spacial score (nSPS) is 25.5. The third-order valence-electron chi connectivity index (χ3n) is 4.17. The van der Waals surface area contributed by atoms with Crippen LogP contribution in [0.4, 0.5) is 0 Å². The summed E-state index contributed by atoms with van der Waals surface area (Å²) in [5.74, 6) is -0.776. The Morgan fingerprint density at radius 2 is 1.58 bits per heavy atom. The fraction of sp³-hybridized carbons (Fsp3) is 0.933. The van der Waals surface area contributed by atoms with Gasteiger partial charge in [0.1, 0.15) is 6.04 Å². The molecule has 1 atom stereocenters. The Balaban J connectivity index is 2.87. The van der Waals surface area contributed by atoms with Crippen LogP contribution in [0.3, 0.4) is 0 Å². The molecule has 4 nitrogen and oxygen atoms in total. The van der Waals surface area contributed by atoms with E-state index in [0.29, 0.717) is 6.04 Å². The van der Waals surface area contributed by atoms with E-state index in [0.717, 1.165) is 12.8 Å². The molecule has 4 heteroatoms. The lowest BCUT2D eigenvalue weighted by Crippen LogP contribution is -2.66. The van der Waals surface area contributed by atoms with Crippen LogP contribution in [0.5, 0.6) is 0 Å². The quantitative estimate of drug-likeness (QED) is 0.824. The minimum Gasteiger partial charge on any atom is -0.480 e. The molecule has 0 radical (unpaired) electrons. The molecule has 1 aliphatic heterocycles. The first-order valence-corrected chi connectivity index (χ1v) is 7.25. The minimum atomic E-state index is -0.776. The third kappa shape index (κ3) is 3.69. The second-order valence-corrected chi connectivity index (χ2v) is 7.42. The summed E-state index contributed by atoms with van der Waals surface area (Å²) in [5, 5.41) is 12.3. The Hall–Kier alpha value is -0.610. The molecule has 0 amide bonds. The summed E-state index contributed by atoms with van der Waals surface area (Å²) < 4.78 is 0. The van der Waals surface area contributed by atoms with Crippen molar-refractivity contribution < 1.29 is 9.90 Å². The van der Waals surface area contributed by atoms with Crippen LogP contribution in [0, 0.1) is 0 Å². The van der Waals surface area contributed by atoms with Crippen molar-refractivity contribution >= 4 is 5.97 Å². The van der Waals surface area contributed by atoms with Gasteiger partial charge in [0.2, 0.25) is 0 Å². The highest BCUT2D eigenvalue weighted by molar-refractivity contribution is 5.72. The first kappa shape index (κ1) is 16.4. The van der Waals surface area contributed by atoms with Crippen molar-refractivity contribution in [1.82, 2.24) is 10.2 Å². The highest BCUT2D eigenvalue weighted by atomic mass is 16.4. The number of carbonyl (C=O) groups is 1. The maximum atomic E-state index is 11.0. The molecule has 0 bridgehead atoms. The largest absolute Gasteiger partial charge is 0.480 e. The highest BCUT2D eigenvalue weighted by Gasteiger charge is 2.46. The number of nitrogens with zero attached hydrogens (tertiary/aromatic N) is 1. The SMILES string of the molecule is CC(NC1CC(C)(C)N(C(C)C)C(C)(C)C1)C(=O)O. The minimum absolute atomic E-state index is 0.0752. The van der Waals surface area contributed by atoms with Crippen molar-refractivity contribution in [2.45, 2.75) is 90.5 Å². The number of carboxylic acids is 1. The van der Waals surface area contributed by atoms with Gasteiger partial charge in [-0.05, 0) is 61.3 Å². The maximum Gasteiger partial charge on any atom is 0.320 e. The van der Waals surface area contributed by atoms with Crippen molar-refractivity contribution in [1.29, 1.82) is 0 Å². The van der Waals surface area contributed by atoms with E-state index in [1.54, 1.807) is 6.92 Å². The van der Waals surface area contributed by atoms with E-state index in [1.807, 2.05) is 0 Å². The van der Waals surface area contributed by atoms with Crippen LogP contribution in [0.2, 0.25) is 0 Å². The van der Waals surface area contributed by atoms with Gasteiger partial charge in [-0.3, -0.25) is 9.69 Å². The molecular weight excluding hydrogens is 240 g/mol. The predicted octanol–water partition coefficient (Wildman–Crippen LogP) is 2.48. The Labute approximate surface area is 117 Å². The zero-order chi connectivity index (χ0) is 15.0. The average molecular weight is 270 g/mol. The van der Waals surface area contributed by atoms with Gasteiger partial charge in [-0.2, -0.15) is 0 Å². The lowest BCUT2D eigenvalue weighted by atomic mass is 9.76. The van der Waals surface area contributed by atoms with Gasteiger partial charge in [-0.1, -0.05) is 0 Å². The number of aliphatic carboxylic acids is 1. The molecule has 112 valence electrons. The molecule has 19 heavy (non-hydrogen) atoms. The Morgan fingerprint density at radius 3 is 1.89 bits per heavy atom. The second-order valence-electron chi connectivity index (χ2n) is 7.42. The van der Waals surface area contributed by atoms with Crippen molar-refractivity contribution in [2.75, 3.05) is 0 Å². The van der Waals surface area contributed by atoms with Crippen LogP contribution in [-0.2, 0) is 4.79 Å². The van der Waals surface area contributed by atoms with E-state index in [1.165, 1.54) is 0 Å². The molecule has 0 spiro atoms. The summed E-state index contributed by atoms with van der Waals surface area (Å²) in [5.41, 5.74) is 0.150. The number of hydrogen-bond acceptors (Lipinski definition) is 3. The number of piperidine rings is 1. The van der Waals surface area contributed by atoms with E-state index in [2.05, 4.69) is 51.8 Å². The molecule has 0 saturated carbocycles. The van der Waals surface area contributed by atoms with E-state index < -0.39 is 12.0 Å². The zero-order valence-corrected chi connectivity index (χ0v) is 13.4. The van der Waals surface area contributed by atoms with Gasteiger partial charge < -0.3 is 10.4 Å². The number of carboxylic acid groups (broad SMARTS) is 1. The van der Waals surface area contributed by atoms with Crippen LogP contribution in [-0.4, -0.2) is 45.2 Å². The third-order valence-corrected chi connectivity index (χ3v) is 4.17. The summed E-state index contributed by atoms with van der Waals surface area (Å²) in [4.78, 5) is 13.6. The van der Waals surface area contributed by atoms with Gasteiger partial charge in [-0.25, -0.2) is 0 Å². The van der Waals surface area contributed by atoms with Crippen molar-refractivity contribution in [2.24, 2.45) is 0 Å². The molecule has 1 rings (SSSR count). The molecule has 1 heterocycles. The van der Waals surface area contributed by atoms with Crippen LogP contribution >= 0.6 is 0 Å². The molecule has 2 N–H and O–H groups in total. The maximum absolute atomic E-state index is 11.0. The second kappa shape index (κ2) is 5.41. The molecule has 1 fully saturated rings. The summed E-state index contributed by atoms with van der Waals surface area (Å²) in [6.45, 7) is 15.2. The molecule has 0 aromatic rings. The summed E-state index contributed by atoms with van der Waals surface area (Å²) >= 11 is 0. The van der Waals surface area contributed by atoms with Gasteiger partial charge >= 0.3 is 5.97 Å². The number of likely N-dealkylation sites (tertiary alicyclic amines) is 1. The molecule has 1 aliphatic rings. The van der Waals surface area contributed by atoms with E-state index >= 15 is 0 Å². The molecule has 1 unspecified atom stereocenters. The Kier molecular flexibility index (Phi) is 4.68. The smallest absolute Gasteiger partial charge is 0.320 e. The van der Waals surface area contributed by atoms with Gasteiger partial charge in [0.05, 0.1) is 0 Å². The standard InChI is InChI=1S/C15H30N2O2/c1-10(2)17-14(4,5)8-12(9-15(17,6)7)16-11(3)13(18)19/h10-12,16H,8-9H2,1-7H3,(H,18,19). The number of nitrogens with one attached hydrogen (secondary N) is 1. The van der Waals surface area contributed by atoms with E-state index in [4.69, 9.17) is 5.11 Å².